The third-order valence-corrected chi connectivity index (χ3v) is 8.61. The Morgan fingerprint density at radius 2 is 1.84 bits per heavy atom. The Bertz CT molecular complexity index is 930. The van der Waals surface area contributed by atoms with Crippen molar-refractivity contribution in [3.63, 3.8) is 0 Å². The summed E-state index contributed by atoms with van der Waals surface area (Å²) in [6, 6.07) is 6.98. The first-order valence-corrected chi connectivity index (χ1v) is 12.2. The van der Waals surface area contributed by atoms with Gasteiger partial charge in [0.15, 0.2) is 0 Å². The van der Waals surface area contributed by atoms with Gasteiger partial charge in [0.25, 0.3) is 10.0 Å². The van der Waals surface area contributed by atoms with Gasteiger partial charge in [0, 0.05) is 63.2 Å². The van der Waals surface area contributed by atoms with E-state index in [1.54, 1.807) is 13.1 Å². The summed E-state index contributed by atoms with van der Waals surface area (Å²) in [5.41, 5.74) is 13.9. The van der Waals surface area contributed by atoms with E-state index in [1.807, 2.05) is 24.3 Å². The van der Waals surface area contributed by atoms with Gasteiger partial charge in [0.2, 0.25) is 0 Å². The summed E-state index contributed by atoms with van der Waals surface area (Å²) in [6.07, 6.45) is 5.16. The molecular weight excluding hydrogens is 523 g/mol. The number of carbonyl (C=O) groups is 1. The number of nitrogens with two attached hydrogens (primary N) is 1. The minimum atomic E-state index is -3.59. The van der Waals surface area contributed by atoms with Crippen LogP contribution < -0.4 is 10.0 Å². The summed E-state index contributed by atoms with van der Waals surface area (Å²) in [6.45, 7) is 11.4. The van der Waals surface area contributed by atoms with Gasteiger partial charge in [0.05, 0.1) is 10.6 Å². The molecule has 1 amide bonds. The van der Waals surface area contributed by atoms with E-state index in [-0.39, 0.29) is 51.1 Å². The van der Waals surface area contributed by atoms with Gasteiger partial charge in [-0.25, -0.2) is 8.42 Å². The van der Waals surface area contributed by atoms with Crippen LogP contribution in [0.4, 0.5) is 5.69 Å². The van der Waals surface area contributed by atoms with Crippen molar-refractivity contribution in [3.05, 3.63) is 57.7 Å². The molecule has 1 aromatic rings. The minimum Gasteiger partial charge on any atom is -0.671 e. The Labute approximate surface area is 223 Å². The van der Waals surface area contributed by atoms with Crippen LogP contribution >= 0.6 is 11.6 Å². The number of nitrogens with zero attached hydrogens (tertiary/aromatic N) is 1. The third-order valence-electron chi connectivity index (χ3n) is 6.41. The molecule has 1 heterocycles. The van der Waals surface area contributed by atoms with Gasteiger partial charge in [0.1, 0.15) is 0 Å². The van der Waals surface area contributed by atoms with Crippen molar-refractivity contribution in [3.8, 4) is 0 Å². The SMILES string of the molecule is CCC(C)(C)C(C)C.CN1c2ccccc2C(N)C2CC=C(Cl)C=C2S1(=O)=O.[NH-]C=O.[Y]. The molecule has 2 unspecified atom stereocenters. The molecule has 0 aromatic heterocycles. The van der Waals surface area contributed by atoms with Crippen molar-refractivity contribution in [2.24, 2.45) is 23.0 Å². The molecule has 2 aliphatic rings. The molecule has 0 saturated carbocycles. The second-order valence-corrected chi connectivity index (χ2v) is 11.1. The molecule has 1 radical (unpaired) electrons. The number of sulfonamides is 1. The number of rotatable bonds is 2. The van der Waals surface area contributed by atoms with Crippen LogP contribution in [0.3, 0.4) is 0 Å². The third kappa shape index (κ3) is 7.39. The Balaban J connectivity index is 0.000000680. The van der Waals surface area contributed by atoms with Crippen LogP contribution in [0.5, 0.6) is 0 Å². The quantitative estimate of drug-likeness (QED) is 0.467. The molecule has 0 bridgehead atoms. The number of nitrogens with one attached hydrogen (secondary N) is 1. The summed E-state index contributed by atoms with van der Waals surface area (Å²) < 4.78 is 26.8. The van der Waals surface area contributed by atoms with Crippen molar-refractivity contribution in [1.29, 1.82) is 0 Å². The molecule has 1 aliphatic heterocycles. The molecule has 9 heteroatoms. The largest absolute Gasteiger partial charge is 0.671 e. The van der Waals surface area contributed by atoms with Gasteiger partial charge >= 0.3 is 0 Å². The van der Waals surface area contributed by atoms with Gasteiger partial charge in [-0.05, 0) is 35.5 Å². The maximum Gasteiger partial charge on any atom is 0.260 e. The van der Waals surface area contributed by atoms with Crippen molar-refractivity contribution < 1.29 is 45.9 Å². The predicted octanol–water partition coefficient (Wildman–Crippen LogP) is 5.76. The first kappa shape index (κ1) is 31.3. The molecular formula is C23H35ClN3O3SY-. The molecule has 3 rings (SSSR count). The topological polar surface area (TPSA) is 104 Å². The Morgan fingerprint density at radius 1 is 1.31 bits per heavy atom. The molecule has 1 aromatic carbocycles. The van der Waals surface area contributed by atoms with Gasteiger partial charge in [-0.1, -0.05) is 76.9 Å². The Kier molecular flexibility index (Phi) is 12.9. The van der Waals surface area contributed by atoms with E-state index >= 15 is 0 Å². The first-order chi connectivity index (χ1) is 14.3. The maximum atomic E-state index is 12.7. The van der Waals surface area contributed by atoms with Crippen molar-refractivity contribution in [1.82, 2.24) is 0 Å². The predicted molar refractivity (Wildman–Crippen MR) is 130 cm³/mol. The smallest absolute Gasteiger partial charge is 0.260 e. The summed E-state index contributed by atoms with van der Waals surface area (Å²) in [5, 5.41) is 0.450. The van der Waals surface area contributed by atoms with Crippen LogP contribution in [0.2, 0.25) is 0 Å². The van der Waals surface area contributed by atoms with Crippen LogP contribution in [0.1, 0.15) is 59.1 Å². The second-order valence-electron chi connectivity index (χ2n) is 8.65. The zero-order valence-electron chi connectivity index (χ0n) is 19.8. The number of hydrogen-bond acceptors (Lipinski definition) is 4. The molecule has 0 saturated heterocycles. The van der Waals surface area contributed by atoms with Gasteiger partial charge in [-0.15, -0.1) is 0 Å². The van der Waals surface area contributed by atoms with Crippen LogP contribution in [0.15, 0.2) is 46.4 Å². The molecule has 2 atom stereocenters. The molecule has 32 heavy (non-hydrogen) atoms. The first-order valence-electron chi connectivity index (χ1n) is 10.4. The van der Waals surface area contributed by atoms with Crippen molar-refractivity contribution >= 4 is 33.7 Å². The summed E-state index contributed by atoms with van der Waals surface area (Å²) >= 11 is 5.98. The van der Waals surface area contributed by atoms with E-state index in [4.69, 9.17) is 27.9 Å². The summed E-state index contributed by atoms with van der Waals surface area (Å²) in [7, 11) is -2.04. The number of benzene rings is 1. The van der Waals surface area contributed by atoms with E-state index < -0.39 is 10.0 Å². The molecule has 6 nitrogen and oxygen atoms in total. The van der Waals surface area contributed by atoms with E-state index in [1.165, 1.54) is 16.8 Å². The average Bonchev–Trinajstić information content (AvgIpc) is 2.78. The van der Waals surface area contributed by atoms with E-state index in [0.717, 1.165) is 11.5 Å². The number of fused-ring (bicyclic) bond motifs is 2. The van der Waals surface area contributed by atoms with Crippen molar-refractivity contribution in [2.45, 2.75) is 53.5 Å². The number of amides is 1. The molecule has 3 N–H and O–H groups in total. The fraction of sp³-hybridized carbons (Fsp3) is 0.522. The van der Waals surface area contributed by atoms with Gasteiger partial charge in [-0.2, -0.15) is 0 Å². The van der Waals surface area contributed by atoms with Crippen LogP contribution in [-0.4, -0.2) is 21.9 Å². The zero-order valence-corrected chi connectivity index (χ0v) is 24.2. The van der Waals surface area contributed by atoms with Crippen LogP contribution in [0.25, 0.3) is 5.73 Å². The van der Waals surface area contributed by atoms with Crippen LogP contribution in [0, 0.1) is 17.3 Å². The standard InChI is InChI=1S/C14H15ClN2O2S.C8H18.CH3NO.Y/c1-17-12-5-3-2-4-10(12)14(16)11-7-6-9(15)8-13(11)20(17,18)19;1-6-8(4,5)7(2)3;2-1-3;/h2-6,8,11,14H,7,16H2,1H3;7H,6H2,1-5H3;1H,(H2,2,3);/p-1. The normalized spacial score (nSPS) is 21.0. The van der Waals surface area contributed by atoms with E-state index in [2.05, 4.69) is 34.6 Å². The number of allylic oxidation sites excluding steroid dienone is 3. The summed E-state index contributed by atoms with van der Waals surface area (Å²) in [5.74, 6) is 0.543. The Morgan fingerprint density at radius 3 is 2.31 bits per heavy atom. The number of para-hydroxylation sites is 1. The minimum absolute atomic E-state index is 0. The van der Waals surface area contributed by atoms with E-state index in [9.17, 15) is 8.42 Å². The van der Waals surface area contributed by atoms with Gasteiger partial charge < -0.3 is 16.3 Å². The molecule has 177 valence electrons. The summed E-state index contributed by atoms with van der Waals surface area (Å²) in [4.78, 5) is 8.77. The fourth-order valence-corrected chi connectivity index (χ4v) is 5.13. The van der Waals surface area contributed by atoms with Crippen molar-refractivity contribution in [2.75, 3.05) is 11.4 Å². The second kappa shape index (κ2) is 13.2. The maximum absolute atomic E-state index is 12.7. The zero-order chi connectivity index (χ0) is 24.0. The number of hydrogen-bond donors (Lipinski definition) is 1. The molecule has 0 spiro atoms. The molecule has 1 aliphatic carbocycles. The average molecular weight is 558 g/mol. The van der Waals surface area contributed by atoms with Crippen LogP contribution in [-0.2, 0) is 47.5 Å². The molecule has 0 fully saturated rings. The monoisotopic (exact) mass is 557 g/mol. The fourth-order valence-electron chi connectivity index (χ4n) is 3.22. The number of carbonyl (C=O) groups excluding carboxylic acids is 1. The number of halogens is 1. The van der Waals surface area contributed by atoms with E-state index in [0.29, 0.717) is 27.5 Å². The number of anilines is 1. The van der Waals surface area contributed by atoms with Gasteiger partial charge in [-0.3, -0.25) is 4.31 Å². The Hall–Kier alpha value is -0.726.